The second-order valence-corrected chi connectivity index (χ2v) is 9.61. The Morgan fingerprint density at radius 3 is 2.06 bits per heavy atom. The first kappa shape index (κ1) is 22.8. The molecule has 1 aliphatic rings. The van der Waals surface area contributed by atoms with Crippen LogP contribution in [0.2, 0.25) is 0 Å². The maximum Gasteiger partial charge on any atom is 0.253 e. The highest BCUT2D eigenvalue weighted by Crippen LogP contribution is 2.22. The van der Waals surface area contributed by atoms with Gasteiger partial charge in [0.05, 0.1) is 11.4 Å². The molecule has 0 unspecified atom stereocenters. The van der Waals surface area contributed by atoms with Gasteiger partial charge in [-0.05, 0) is 61.4 Å². The molecule has 0 saturated carbocycles. The summed E-state index contributed by atoms with van der Waals surface area (Å²) < 4.78 is 26.9. The van der Waals surface area contributed by atoms with Gasteiger partial charge in [0.2, 0.25) is 15.9 Å². The minimum atomic E-state index is -3.49. The summed E-state index contributed by atoms with van der Waals surface area (Å²) in [5.41, 5.74) is 1.81. The van der Waals surface area contributed by atoms with Gasteiger partial charge in [-0.3, -0.25) is 9.59 Å². The second kappa shape index (κ2) is 9.93. The van der Waals surface area contributed by atoms with Crippen LogP contribution in [-0.4, -0.2) is 63.2 Å². The lowest BCUT2D eigenvalue weighted by molar-refractivity contribution is -0.114. The van der Waals surface area contributed by atoms with Crippen molar-refractivity contribution in [1.82, 2.24) is 9.21 Å². The Labute approximate surface area is 183 Å². The van der Waals surface area contributed by atoms with Crippen molar-refractivity contribution >= 4 is 33.2 Å². The van der Waals surface area contributed by atoms with Gasteiger partial charge in [0.15, 0.2) is 0 Å². The molecule has 0 aromatic heterocycles. The molecule has 1 heterocycles. The van der Waals surface area contributed by atoms with E-state index in [1.807, 2.05) is 0 Å². The number of benzene rings is 2. The zero-order valence-electron chi connectivity index (χ0n) is 17.8. The molecular weight excluding hydrogens is 416 g/mol. The van der Waals surface area contributed by atoms with Crippen LogP contribution in [0.15, 0.2) is 53.4 Å². The zero-order valence-corrected chi connectivity index (χ0v) is 18.6. The number of amides is 2. The van der Waals surface area contributed by atoms with Crippen LogP contribution in [-0.2, 0) is 14.8 Å². The first-order chi connectivity index (χ1) is 14.8. The maximum absolute atomic E-state index is 12.7. The van der Waals surface area contributed by atoms with E-state index < -0.39 is 10.0 Å². The predicted octanol–water partition coefficient (Wildman–Crippen LogP) is 2.61. The molecule has 0 spiro atoms. The predicted molar refractivity (Wildman–Crippen MR) is 121 cm³/mol. The van der Waals surface area contributed by atoms with Crippen molar-refractivity contribution in [2.45, 2.75) is 24.2 Å². The van der Waals surface area contributed by atoms with E-state index in [0.717, 1.165) is 19.3 Å². The van der Waals surface area contributed by atoms with Gasteiger partial charge in [-0.2, -0.15) is 4.31 Å². The lowest BCUT2D eigenvalue weighted by atomic mass is 10.2. The van der Waals surface area contributed by atoms with Crippen molar-refractivity contribution in [2.75, 3.05) is 44.4 Å². The van der Waals surface area contributed by atoms with Crippen LogP contribution in [0.1, 0.15) is 29.6 Å². The number of carbonyl (C=O) groups is 2. The van der Waals surface area contributed by atoms with Crippen LogP contribution < -0.4 is 10.6 Å². The third-order valence-corrected chi connectivity index (χ3v) is 6.99. The van der Waals surface area contributed by atoms with E-state index in [4.69, 9.17) is 0 Å². The van der Waals surface area contributed by atoms with Crippen molar-refractivity contribution in [3.8, 4) is 0 Å². The Hall–Kier alpha value is -2.91. The maximum atomic E-state index is 12.7. The van der Waals surface area contributed by atoms with Gasteiger partial charge in [0.1, 0.15) is 0 Å². The summed E-state index contributed by atoms with van der Waals surface area (Å²) in [5, 5.41) is 5.74. The fourth-order valence-corrected chi connectivity index (χ4v) is 4.86. The summed E-state index contributed by atoms with van der Waals surface area (Å²) in [4.78, 5) is 25.9. The van der Waals surface area contributed by atoms with E-state index in [-0.39, 0.29) is 23.3 Å². The Kier molecular flexibility index (Phi) is 7.29. The van der Waals surface area contributed by atoms with E-state index in [9.17, 15) is 18.0 Å². The highest BCUT2D eigenvalue weighted by atomic mass is 32.2. The molecule has 166 valence electrons. The summed E-state index contributed by atoms with van der Waals surface area (Å²) in [6.07, 6.45) is 2.83. The van der Waals surface area contributed by atoms with Crippen LogP contribution >= 0.6 is 0 Å². The third-order valence-electron chi connectivity index (χ3n) is 5.08. The number of hydrogen-bond acceptors (Lipinski definition) is 5. The van der Waals surface area contributed by atoms with Crippen LogP contribution in [0.5, 0.6) is 0 Å². The number of anilines is 2. The Bertz CT molecular complexity index is 1010. The van der Waals surface area contributed by atoms with E-state index in [1.54, 1.807) is 50.5 Å². The highest BCUT2D eigenvalue weighted by Gasteiger charge is 2.25. The van der Waals surface area contributed by atoms with Crippen LogP contribution in [0, 0.1) is 0 Å². The lowest BCUT2D eigenvalue weighted by Crippen LogP contribution is -2.35. The third kappa shape index (κ3) is 5.83. The number of piperidine rings is 1. The molecule has 1 aliphatic heterocycles. The molecule has 0 bridgehead atoms. The van der Waals surface area contributed by atoms with Gasteiger partial charge in [-0.1, -0.05) is 6.42 Å². The largest absolute Gasteiger partial charge is 0.376 e. The molecule has 0 radical (unpaired) electrons. The van der Waals surface area contributed by atoms with Crippen molar-refractivity contribution in [2.24, 2.45) is 0 Å². The molecule has 1 saturated heterocycles. The number of nitrogens with zero attached hydrogens (tertiary/aromatic N) is 2. The summed E-state index contributed by atoms with van der Waals surface area (Å²) in [7, 11) is -0.110. The SMILES string of the molecule is CN(C)C(=O)c1ccc(NCC(=O)Nc2ccc(S(=O)(=O)N3CCCCC3)cc2)cc1. The molecule has 0 aliphatic carbocycles. The standard InChI is InChI=1S/C22H28N4O4S/c1-25(2)22(28)17-6-8-18(9-7-17)23-16-21(27)24-19-10-12-20(13-11-19)31(29,30)26-14-4-3-5-15-26/h6-13,23H,3-5,14-16H2,1-2H3,(H,24,27). The number of carbonyl (C=O) groups excluding carboxylic acids is 2. The number of nitrogens with one attached hydrogen (secondary N) is 2. The minimum absolute atomic E-state index is 0.0365. The van der Waals surface area contributed by atoms with Gasteiger partial charge in [-0.15, -0.1) is 0 Å². The van der Waals surface area contributed by atoms with Gasteiger partial charge >= 0.3 is 0 Å². The topological polar surface area (TPSA) is 98.8 Å². The molecule has 1 fully saturated rings. The molecular formula is C22H28N4O4S. The summed E-state index contributed by atoms with van der Waals surface area (Å²) in [6, 6.07) is 13.1. The normalized spacial score (nSPS) is 14.6. The average Bonchev–Trinajstić information content (AvgIpc) is 2.78. The van der Waals surface area contributed by atoms with E-state index in [2.05, 4.69) is 10.6 Å². The van der Waals surface area contributed by atoms with Crippen molar-refractivity contribution in [3.63, 3.8) is 0 Å². The second-order valence-electron chi connectivity index (χ2n) is 7.67. The van der Waals surface area contributed by atoms with Crippen LogP contribution in [0.3, 0.4) is 0 Å². The fourth-order valence-electron chi connectivity index (χ4n) is 3.34. The smallest absolute Gasteiger partial charge is 0.253 e. The number of rotatable bonds is 7. The van der Waals surface area contributed by atoms with Gasteiger partial charge < -0.3 is 15.5 Å². The lowest BCUT2D eigenvalue weighted by Gasteiger charge is -2.25. The van der Waals surface area contributed by atoms with Crippen molar-refractivity contribution in [1.29, 1.82) is 0 Å². The van der Waals surface area contributed by atoms with Gasteiger partial charge in [-0.25, -0.2) is 8.42 Å². The molecule has 9 heteroatoms. The van der Waals surface area contributed by atoms with Crippen LogP contribution in [0.25, 0.3) is 0 Å². The summed E-state index contributed by atoms with van der Waals surface area (Å²) in [6.45, 7) is 1.14. The molecule has 8 nitrogen and oxygen atoms in total. The summed E-state index contributed by atoms with van der Waals surface area (Å²) >= 11 is 0. The Morgan fingerprint density at radius 1 is 0.903 bits per heavy atom. The monoisotopic (exact) mass is 444 g/mol. The zero-order chi connectivity index (χ0) is 22.4. The molecule has 2 amide bonds. The molecule has 31 heavy (non-hydrogen) atoms. The first-order valence-corrected chi connectivity index (χ1v) is 11.7. The Morgan fingerprint density at radius 2 is 1.48 bits per heavy atom. The number of sulfonamides is 1. The average molecular weight is 445 g/mol. The highest BCUT2D eigenvalue weighted by molar-refractivity contribution is 7.89. The fraction of sp³-hybridized carbons (Fsp3) is 0.364. The molecule has 3 rings (SSSR count). The van der Waals surface area contributed by atoms with Crippen molar-refractivity contribution < 1.29 is 18.0 Å². The van der Waals surface area contributed by atoms with E-state index >= 15 is 0 Å². The first-order valence-electron chi connectivity index (χ1n) is 10.2. The molecule has 2 N–H and O–H groups in total. The number of hydrogen-bond donors (Lipinski definition) is 2. The van der Waals surface area contributed by atoms with Crippen molar-refractivity contribution in [3.05, 3.63) is 54.1 Å². The quantitative estimate of drug-likeness (QED) is 0.684. The Balaban J connectivity index is 1.53. The van der Waals surface area contributed by atoms with Gasteiger partial charge in [0, 0.05) is 44.1 Å². The van der Waals surface area contributed by atoms with Crippen LogP contribution in [0.4, 0.5) is 11.4 Å². The minimum Gasteiger partial charge on any atom is -0.376 e. The molecule has 2 aromatic carbocycles. The molecule has 0 atom stereocenters. The summed E-state index contributed by atoms with van der Waals surface area (Å²) in [5.74, 6) is -0.352. The van der Waals surface area contributed by atoms with E-state index in [0.29, 0.717) is 30.0 Å². The van der Waals surface area contributed by atoms with E-state index in [1.165, 1.54) is 21.3 Å². The van der Waals surface area contributed by atoms with Gasteiger partial charge in [0.25, 0.3) is 5.91 Å². The molecule has 2 aromatic rings.